The Kier molecular flexibility index (Phi) is 2.98. The first kappa shape index (κ1) is 12.7. The zero-order valence-corrected chi connectivity index (χ0v) is 12.2. The summed E-state index contributed by atoms with van der Waals surface area (Å²) in [6, 6.07) is 3.69. The molecule has 0 aliphatic heterocycles. The van der Waals surface area contributed by atoms with Gasteiger partial charge in [-0.05, 0) is 32.4 Å². The highest BCUT2D eigenvalue weighted by Crippen LogP contribution is 2.23. The van der Waals surface area contributed by atoms with E-state index in [1.807, 2.05) is 31.2 Å². The second kappa shape index (κ2) is 4.68. The largest absolute Gasteiger partial charge is 0.306 e. The molecule has 0 saturated heterocycles. The van der Waals surface area contributed by atoms with Gasteiger partial charge in [-0.2, -0.15) is 0 Å². The Labute approximate surface area is 119 Å². The number of nitrogens with zero attached hydrogens (tertiary/aromatic N) is 4. The number of aryl methyl sites for hydroxylation is 3. The second-order valence-corrected chi connectivity index (χ2v) is 5.53. The van der Waals surface area contributed by atoms with Gasteiger partial charge >= 0.3 is 0 Å². The fourth-order valence-electron chi connectivity index (χ4n) is 1.99. The molecule has 0 bridgehead atoms. The highest BCUT2D eigenvalue weighted by atomic mass is 32.1. The minimum atomic E-state index is -0.172. The Morgan fingerprint density at radius 1 is 1.25 bits per heavy atom. The maximum absolute atomic E-state index is 12.3. The number of hydrogen-bond donors (Lipinski definition) is 1. The SMILES string of the molecule is Cc1ccc(NC(=O)c2sc3nnc(C)n3c2C)nc1. The summed E-state index contributed by atoms with van der Waals surface area (Å²) in [6.07, 6.45) is 1.72. The summed E-state index contributed by atoms with van der Waals surface area (Å²) in [5.41, 5.74) is 1.90. The molecule has 3 aromatic heterocycles. The fraction of sp³-hybridized carbons (Fsp3) is 0.231. The van der Waals surface area contributed by atoms with Crippen molar-refractivity contribution in [2.45, 2.75) is 20.8 Å². The normalized spacial score (nSPS) is 10.9. The lowest BCUT2D eigenvalue weighted by molar-refractivity contribution is 0.102. The molecule has 0 spiro atoms. The predicted octanol–water partition coefficient (Wildman–Crippen LogP) is 2.36. The van der Waals surface area contributed by atoms with Crippen LogP contribution in [0.2, 0.25) is 0 Å². The molecule has 0 aromatic carbocycles. The monoisotopic (exact) mass is 287 g/mol. The number of amides is 1. The van der Waals surface area contributed by atoms with Crippen LogP contribution in [0, 0.1) is 20.8 Å². The van der Waals surface area contributed by atoms with E-state index in [0.717, 1.165) is 22.0 Å². The van der Waals surface area contributed by atoms with Crippen LogP contribution in [-0.4, -0.2) is 25.5 Å². The molecular weight excluding hydrogens is 274 g/mol. The van der Waals surface area contributed by atoms with Crippen molar-refractivity contribution in [3.8, 4) is 0 Å². The molecule has 3 heterocycles. The van der Waals surface area contributed by atoms with Gasteiger partial charge in [0.15, 0.2) is 0 Å². The predicted molar refractivity (Wildman–Crippen MR) is 77.3 cm³/mol. The first-order chi connectivity index (χ1) is 9.56. The van der Waals surface area contributed by atoms with Gasteiger partial charge in [0.1, 0.15) is 16.5 Å². The number of rotatable bonds is 2. The second-order valence-electron chi connectivity index (χ2n) is 4.56. The average molecular weight is 287 g/mol. The van der Waals surface area contributed by atoms with Crippen molar-refractivity contribution in [3.05, 3.63) is 40.3 Å². The van der Waals surface area contributed by atoms with Crippen LogP contribution < -0.4 is 5.32 Å². The molecule has 0 fully saturated rings. The number of thiazole rings is 1. The van der Waals surface area contributed by atoms with E-state index >= 15 is 0 Å². The standard InChI is InChI=1S/C13H13N5OS/c1-7-4-5-10(14-6-7)15-12(19)11-8(2)18-9(3)16-17-13(18)20-11/h4-6H,1-3H3,(H,14,15,19). The first-order valence-corrected chi connectivity index (χ1v) is 6.93. The molecular formula is C13H13N5OS. The van der Waals surface area contributed by atoms with Crippen LogP contribution in [0.15, 0.2) is 18.3 Å². The molecule has 7 heteroatoms. The van der Waals surface area contributed by atoms with Gasteiger partial charge in [-0.25, -0.2) is 4.98 Å². The number of hydrogen-bond acceptors (Lipinski definition) is 5. The highest BCUT2D eigenvalue weighted by molar-refractivity contribution is 7.19. The summed E-state index contributed by atoms with van der Waals surface area (Å²) in [5, 5.41) is 10.8. The summed E-state index contributed by atoms with van der Waals surface area (Å²) >= 11 is 1.32. The van der Waals surface area contributed by atoms with Crippen LogP contribution in [0.1, 0.15) is 26.8 Å². The molecule has 1 amide bonds. The topological polar surface area (TPSA) is 72.2 Å². The molecule has 0 atom stereocenters. The lowest BCUT2D eigenvalue weighted by Gasteiger charge is -2.03. The van der Waals surface area contributed by atoms with Crippen LogP contribution in [0.5, 0.6) is 0 Å². The summed E-state index contributed by atoms with van der Waals surface area (Å²) in [6.45, 7) is 5.70. The smallest absolute Gasteiger partial charge is 0.268 e. The number of pyridine rings is 1. The van der Waals surface area contributed by atoms with Gasteiger partial charge in [0.2, 0.25) is 4.96 Å². The van der Waals surface area contributed by atoms with Crippen molar-refractivity contribution in [2.24, 2.45) is 0 Å². The molecule has 0 aliphatic carbocycles. The third kappa shape index (κ3) is 2.05. The summed E-state index contributed by atoms with van der Waals surface area (Å²) < 4.78 is 1.88. The van der Waals surface area contributed by atoms with Crippen LogP contribution in [0.25, 0.3) is 4.96 Å². The van der Waals surface area contributed by atoms with Gasteiger partial charge in [0.05, 0.1) is 0 Å². The van der Waals surface area contributed by atoms with Crippen molar-refractivity contribution in [3.63, 3.8) is 0 Å². The molecule has 0 unspecified atom stereocenters. The zero-order valence-electron chi connectivity index (χ0n) is 11.3. The number of carbonyl (C=O) groups excluding carboxylic acids is 1. The van der Waals surface area contributed by atoms with Crippen LogP contribution in [0.4, 0.5) is 5.82 Å². The molecule has 6 nitrogen and oxygen atoms in total. The van der Waals surface area contributed by atoms with Crippen LogP contribution in [-0.2, 0) is 0 Å². The molecule has 3 rings (SSSR count). The van der Waals surface area contributed by atoms with Gasteiger partial charge in [-0.3, -0.25) is 9.20 Å². The van der Waals surface area contributed by atoms with Gasteiger partial charge in [0, 0.05) is 11.9 Å². The molecule has 0 radical (unpaired) electrons. The van der Waals surface area contributed by atoms with E-state index in [1.165, 1.54) is 11.3 Å². The molecule has 102 valence electrons. The number of carbonyl (C=O) groups is 1. The van der Waals surface area contributed by atoms with Crippen LogP contribution >= 0.6 is 11.3 Å². The molecule has 1 N–H and O–H groups in total. The molecule has 0 saturated carbocycles. The minimum Gasteiger partial charge on any atom is -0.306 e. The van der Waals surface area contributed by atoms with Gasteiger partial charge in [-0.15, -0.1) is 10.2 Å². The lowest BCUT2D eigenvalue weighted by atomic mass is 10.3. The van der Waals surface area contributed by atoms with E-state index < -0.39 is 0 Å². The van der Waals surface area contributed by atoms with Gasteiger partial charge in [0.25, 0.3) is 5.91 Å². The van der Waals surface area contributed by atoms with E-state index in [-0.39, 0.29) is 5.91 Å². The maximum Gasteiger partial charge on any atom is 0.268 e. The van der Waals surface area contributed by atoms with E-state index in [1.54, 1.807) is 12.3 Å². The van der Waals surface area contributed by atoms with Crippen molar-refractivity contribution < 1.29 is 4.79 Å². The first-order valence-electron chi connectivity index (χ1n) is 6.11. The minimum absolute atomic E-state index is 0.172. The quantitative estimate of drug-likeness (QED) is 0.785. The zero-order chi connectivity index (χ0) is 14.3. The molecule has 20 heavy (non-hydrogen) atoms. The Morgan fingerprint density at radius 2 is 2.05 bits per heavy atom. The average Bonchev–Trinajstić information content (AvgIpc) is 2.94. The Morgan fingerprint density at radius 3 is 2.70 bits per heavy atom. The maximum atomic E-state index is 12.3. The van der Waals surface area contributed by atoms with Crippen molar-refractivity contribution in [1.82, 2.24) is 19.6 Å². The Bertz CT molecular complexity index is 787. The summed E-state index contributed by atoms with van der Waals surface area (Å²) in [4.78, 5) is 17.8. The molecule has 3 aromatic rings. The summed E-state index contributed by atoms with van der Waals surface area (Å²) in [7, 11) is 0. The summed E-state index contributed by atoms with van der Waals surface area (Å²) in [5.74, 6) is 1.15. The van der Waals surface area contributed by atoms with E-state index in [4.69, 9.17) is 0 Å². The van der Waals surface area contributed by atoms with Crippen molar-refractivity contribution in [2.75, 3.05) is 5.32 Å². The van der Waals surface area contributed by atoms with E-state index in [9.17, 15) is 4.79 Å². The van der Waals surface area contributed by atoms with E-state index in [0.29, 0.717) is 10.7 Å². The van der Waals surface area contributed by atoms with Gasteiger partial charge in [-0.1, -0.05) is 17.4 Å². The Balaban J connectivity index is 1.92. The third-order valence-corrected chi connectivity index (χ3v) is 4.14. The van der Waals surface area contributed by atoms with Crippen LogP contribution in [0.3, 0.4) is 0 Å². The number of fused-ring (bicyclic) bond motifs is 1. The van der Waals surface area contributed by atoms with Crippen molar-refractivity contribution in [1.29, 1.82) is 0 Å². The van der Waals surface area contributed by atoms with Gasteiger partial charge < -0.3 is 5.32 Å². The van der Waals surface area contributed by atoms with Crippen molar-refractivity contribution >= 4 is 28.0 Å². The van der Waals surface area contributed by atoms with E-state index in [2.05, 4.69) is 20.5 Å². The highest BCUT2D eigenvalue weighted by Gasteiger charge is 2.18. The lowest BCUT2D eigenvalue weighted by Crippen LogP contribution is -2.13. The number of anilines is 1. The number of nitrogens with one attached hydrogen (secondary N) is 1. The Hall–Kier alpha value is -2.28. The molecule has 0 aliphatic rings. The third-order valence-electron chi connectivity index (χ3n) is 3.01. The fourth-order valence-corrected chi connectivity index (χ4v) is 2.99. The number of aromatic nitrogens is 4.